The molecule has 0 aromatic heterocycles. The molecule has 2 aromatic rings. The van der Waals surface area contributed by atoms with E-state index < -0.39 is 15.6 Å². The van der Waals surface area contributed by atoms with Crippen LogP contribution in [-0.4, -0.2) is 28.7 Å². The fourth-order valence-corrected chi connectivity index (χ4v) is 1.92. The van der Waals surface area contributed by atoms with Gasteiger partial charge in [-0.3, -0.25) is 0 Å². The molecule has 0 atom stereocenters. The molecule has 0 aliphatic heterocycles. The molecule has 0 saturated heterocycles. The van der Waals surface area contributed by atoms with Gasteiger partial charge in [0.1, 0.15) is 11.5 Å². The van der Waals surface area contributed by atoms with Gasteiger partial charge >= 0.3 is 5.51 Å². The first kappa shape index (κ1) is 31.7. The molecule has 31 heavy (non-hydrogen) atoms. The first-order chi connectivity index (χ1) is 13.2. The minimum Gasteiger partial charge on any atom is -0.741 e. The average molecular weight is 578 g/mol. The number of rotatable bonds is 0. The van der Waals surface area contributed by atoms with Crippen molar-refractivity contribution < 1.29 is 60.3 Å². The van der Waals surface area contributed by atoms with Gasteiger partial charge in [-0.1, -0.05) is 65.8 Å². The zero-order chi connectivity index (χ0) is 24.0. The lowest BCUT2D eigenvalue weighted by molar-refractivity contribution is -0.0518. The van der Waals surface area contributed by atoms with Crippen LogP contribution in [0.4, 0.5) is 13.2 Å². The number of halogens is 4. The third-order valence-electron chi connectivity index (χ3n) is 3.75. The zero-order valence-corrected chi connectivity index (χ0v) is 21.6. The Labute approximate surface area is 199 Å². The van der Waals surface area contributed by atoms with Crippen LogP contribution in [0.2, 0.25) is 0 Å². The van der Waals surface area contributed by atoms with E-state index in [1.807, 2.05) is 24.3 Å². The second kappa shape index (κ2) is 11.9. The molecule has 0 aliphatic rings. The van der Waals surface area contributed by atoms with Crippen LogP contribution in [0.15, 0.2) is 48.5 Å². The lowest BCUT2D eigenvalue weighted by atomic mass is 9.87. The number of phenolic OH excluding ortho intramolecular Hbond substituents is 2. The highest BCUT2D eigenvalue weighted by Gasteiger charge is 2.36. The van der Waals surface area contributed by atoms with Crippen LogP contribution in [0.1, 0.15) is 52.7 Å². The van der Waals surface area contributed by atoms with E-state index in [9.17, 15) is 13.2 Å². The summed E-state index contributed by atoms with van der Waals surface area (Å²) in [5.74, 6) is 0.663. The van der Waals surface area contributed by atoms with E-state index in [0.717, 1.165) is 0 Å². The molecule has 0 fully saturated rings. The van der Waals surface area contributed by atoms with Crippen molar-refractivity contribution >= 4 is 10.1 Å². The van der Waals surface area contributed by atoms with Crippen LogP contribution in [0.3, 0.4) is 0 Å². The minimum absolute atomic E-state index is 0. The summed E-state index contributed by atoms with van der Waals surface area (Å²) in [7, 11) is -6.09. The average Bonchev–Trinajstić information content (AvgIpc) is 2.53. The number of hydrogen-bond donors (Lipinski definition) is 2. The van der Waals surface area contributed by atoms with Crippen LogP contribution >= 0.6 is 0 Å². The second-order valence-electron chi connectivity index (χ2n) is 8.49. The fraction of sp³-hybridized carbons (Fsp3) is 0.429. The number of aromatic hydroxyl groups is 2. The number of hydrogen-bond acceptors (Lipinski definition) is 5. The molecule has 0 heterocycles. The third-order valence-corrected chi connectivity index (χ3v) is 4.32. The van der Waals surface area contributed by atoms with Crippen molar-refractivity contribution in [3.8, 4) is 11.5 Å². The van der Waals surface area contributed by atoms with Crippen molar-refractivity contribution in [1.29, 1.82) is 0 Å². The molecule has 2 N–H and O–H groups in total. The van der Waals surface area contributed by atoms with Gasteiger partial charge in [-0.15, -0.1) is 0 Å². The number of phenols is 2. The molecule has 0 spiro atoms. The molecule has 2 aromatic carbocycles. The first-order valence-corrected chi connectivity index (χ1v) is 10.3. The van der Waals surface area contributed by atoms with E-state index >= 15 is 0 Å². The van der Waals surface area contributed by atoms with Gasteiger partial charge in [-0.25, -0.2) is 8.42 Å². The quantitative estimate of drug-likeness (QED) is 0.283. The normalized spacial score (nSPS) is 11.8. The molecular weight excluding hydrogens is 548 g/mol. The lowest BCUT2D eigenvalue weighted by Crippen LogP contribution is -3.00. The van der Waals surface area contributed by atoms with Gasteiger partial charge in [-0.2, -0.15) is 13.2 Å². The predicted molar refractivity (Wildman–Crippen MR) is 112 cm³/mol. The maximum Gasteiger partial charge on any atom is 0.485 e. The standard InChI is InChI=1S/2C10H14O.CHF3O3S.H2I/c2*1-10(2,3)8-4-6-9(11)7-5-8;2-1(3,4)8(5,6)7;/h2*4-7,11H,1-3H3;(H,5,6,7);1H2/q;;;+1/p-1. The highest BCUT2D eigenvalue weighted by Crippen LogP contribution is 2.24. The van der Waals surface area contributed by atoms with E-state index in [4.69, 9.17) is 23.2 Å². The highest BCUT2D eigenvalue weighted by molar-refractivity contribution is 7.86. The monoisotopic (exact) mass is 578 g/mol. The summed E-state index contributed by atoms with van der Waals surface area (Å²) in [6.45, 7) is 12.9. The topological polar surface area (TPSA) is 97.7 Å². The summed E-state index contributed by atoms with van der Waals surface area (Å²) in [5.41, 5.74) is -2.81. The largest absolute Gasteiger partial charge is 0.741 e. The van der Waals surface area contributed by atoms with Gasteiger partial charge in [0.25, 0.3) is 0 Å². The molecule has 178 valence electrons. The van der Waals surface area contributed by atoms with Gasteiger partial charge in [0.15, 0.2) is 10.1 Å². The van der Waals surface area contributed by atoms with E-state index in [-0.39, 0.29) is 34.8 Å². The number of benzene rings is 2. The molecule has 0 radical (unpaired) electrons. The predicted octanol–water partition coefficient (Wildman–Crippen LogP) is 1.90. The minimum atomic E-state index is -6.09. The summed E-state index contributed by atoms with van der Waals surface area (Å²) < 4.78 is 58.9. The van der Waals surface area contributed by atoms with Gasteiger partial charge < -0.3 is 14.8 Å². The molecular formula is C21H30F3IO5S. The smallest absolute Gasteiger partial charge is 0.485 e. The van der Waals surface area contributed by atoms with Crippen LogP contribution in [0.25, 0.3) is 0 Å². The molecule has 0 unspecified atom stereocenters. The van der Waals surface area contributed by atoms with Gasteiger partial charge in [0.05, 0.1) is 0 Å². The van der Waals surface area contributed by atoms with Gasteiger partial charge in [0.2, 0.25) is 24.0 Å². The van der Waals surface area contributed by atoms with Crippen LogP contribution in [0.5, 0.6) is 11.5 Å². The Kier molecular flexibility index (Phi) is 12.2. The maximum absolute atomic E-state index is 10.7. The molecule has 5 nitrogen and oxygen atoms in total. The van der Waals surface area contributed by atoms with Crippen molar-refractivity contribution in [3.63, 3.8) is 0 Å². The Bertz CT molecular complexity index is 826. The van der Waals surface area contributed by atoms with Crippen molar-refractivity contribution in [2.75, 3.05) is 0 Å². The summed E-state index contributed by atoms with van der Waals surface area (Å²) in [4.78, 5) is 0. The van der Waals surface area contributed by atoms with Crippen molar-refractivity contribution in [3.05, 3.63) is 59.7 Å². The molecule has 0 bridgehead atoms. The third kappa shape index (κ3) is 12.8. The van der Waals surface area contributed by atoms with E-state index in [2.05, 4.69) is 41.5 Å². The van der Waals surface area contributed by atoms with Crippen molar-refractivity contribution in [2.24, 2.45) is 0 Å². The second-order valence-corrected chi connectivity index (χ2v) is 9.86. The Balaban J connectivity index is 0. The van der Waals surface area contributed by atoms with Gasteiger partial charge in [-0.05, 0) is 46.2 Å². The van der Waals surface area contributed by atoms with E-state index in [1.54, 1.807) is 24.3 Å². The van der Waals surface area contributed by atoms with Crippen molar-refractivity contribution in [2.45, 2.75) is 57.9 Å². The Morgan fingerprint density at radius 1 is 0.677 bits per heavy atom. The summed E-state index contributed by atoms with van der Waals surface area (Å²) in [6.07, 6.45) is 0. The molecule has 10 heteroatoms. The van der Waals surface area contributed by atoms with Crippen molar-refractivity contribution in [1.82, 2.24) is 0 Å². The van der Waals surface area contributed by atoms with E-state index in [1.165, 1.54) is 11.1 Å². The SMILES string of the molecule is CC(C)(C)c1ccc(O)cc1.CC(C)(C)c1ccc(O)cc1.O=S(=O)([O-])C(F)(F)F.[IH2+]. The summed E-state index contributed by atoms with van der Waals surface area (Å²) >= 11 is 0. The summed E-state index contributed by atoms with van der Waals surface area (Å²) in [5, 5.41) is 18.0. The van der Waals surface area contributed by atoms with Gasteiger partial charge in [0, 0.05) is 0 Å². The van der Waals surface area contributed by atoms with Crippen LogP contribution in [-0.2, 0) is 20.9 Å². The molecule has 0 amide bonds. The molecule has 2 rings (SSSR count). The Morgan fingerprint density at radius 2 is 0.871 bits per heavy atom. The lowest BCUT2D eigenvalue weighted by Gasteiger charge is -2.18. The number of alkyl halides is 3. The maximum atomic E-state index is 10.7. The Hall–Kier alpha value is -1.53. The summed E-state index contributed by atoms with van der Waals surface area (Å²) in [6, 6.07) is 14.7. The zero-order valence-electron chi connectivity index (χ0n) is 18.2. The molecule has 0 aliphatic carbocycles. The van der Waals surface area contributed by atoms with E-state index in [0.29, 0.717) is 11.5 Å². The fourth-order valence-electron chi connectivity index (χ4n) is 1.92. The Morgan fingerprint density at radius 3 is 1.00 bits per heavy atom. The highest BCUT2D eigenvalue weighted by atomic mass is 127. The first-order valence-electron chi connectivity index (χ1n) is 8.86. The molecule has 0 saturated carbocycles. The van der Waals surface area contributed by atoms with Crippen LogP contribution < -0.4 is 24.0 Å². The van der Waals surface area contributed by atoms with Crippen LogP contribution in [0, 0.1) is 0 Å².